The molecule has 5 aromatic heterocycles. The Morgan fingerprint density at radius 3 is 1.53 bits per heavy atom. The fraction of sp³-hybridized carbons (Fsp3) is 0. The minimum atomic E-state index is 0.509. The average molecular weight is 744 g/mol. The van der Waals surface area contributed by atoms with Crippen LogP contribution in [0.3, 0.4) is 0 Å². The molecule has 0 saturated carbocycles. The predicted molar refractivity (Wildman–Crippen MR) is 234 cm³/mol. The van der Waals surface area contributed by atoms with Gasteiger partial charge in [0.2, 0.25) is 5.95 Å². The van der Waals surface area contributed by atoms with Crippen LogP contribution in [-0.2, 0) is 0 Å². The summed E-state index contributed by atoms with van der Waals surface area (Å²) in [5.41, 5.74) is 9.96. The minimum absolute atomic E-state index is 0.509. The van der Waals surface area contributed by atoms with E-state index >= 15 is 0 Å². The van der Waals surface area contributed by atoms with E-state index in [9.17, 15) is 0 Å². The first kappa shape index (κ1) is 31.2. The molecule has 58 heavy (non-hydrogen) atoms. The van der Waals surface area contributed by atoms with Gasteiger partial charge in [-0.05, 0) is 54.6 Å². The molecule has 0 atom stereocenters. The minimum Gasteiger partial charge on any atom is -0.456 e. The van der Waals surface area contributed by atoms with Crippen molar-refractivity contribution in [2.45, 2.75) is 0 Å². The summed E-state index contributed by atoms with van der Waals surface area (Å²) in [6, 6.07) is 60.8. The molecule has 8 aromatic carbocycles. The van der Waals surface area contributed by atoms with Crippen molar-refractivity contribution in [1.82, 2.24) is 24.1 Å². The smallest absolute Gasteiger partial charge is 0.238 e. The Morgan fingerprint density at radius 2 is 0.862 bits per heavy atom. The summed E-state index contributed by atoms with van der Waals surface area (Å²) in [4.78, 5) is 15.8. The van der Waals surface area contributed by atoms with Crippen molar-refractivity contribution in [2.75, 3.05) is 0 Å². The zero-order chi connectivity index (χ0) is 37.9. The molecule has 0 saturated heterocycles. The molecule has 0 spiro atoms. The van der Waals surface area contributed by atoms with Gasteiger partial charge in [-0.25, -0.2) is 4.98 Å². The highest BCUT2D eigenvalue weighted by molar-refractivity contribution is 6.14. The Bertz CT molecular complexity index is 3720. The van der Waals surface area contributed by atoms with Gasteiger partial charge in [-0.15, -0.1) is 0 Å². The number of aromatic nitrogens is 5. The van der Waals surface area contributed by atoms with Crippen molar-refractivity contribution in [3.63, 3.8) is 0 Å². The van der Waals surface area contributed by atoms with Crippen molar-refractivity contribution in [3.05, 3.63) is 176 Å². The molecule has 0 aliphatic heterocycles. The number of furan rings is 2. The van der Waals surface area contributed by atoms with Gasteiger partial charge in [0.25, 0.3) is 0 Å². The van der Waals surface area contributed by atoms with E-state index < -0.39 is 0 Å². The lowest BCUT2D eigenvalue weighted by Crippen LogP contribution is -2.06. The molecule has 7 nitrogen and oxygen atoms in total. The van der Waals surface area contributed by atoms with Crippen LogP contribution in [0.1, 0.15) is 0 Å². The summed E-state index contributed by atoms with van der Waals surface area (Å²) in [6.07, 6.45) is 0. The number of benzene rings is 8. The third-order valence-electron chi connectivity index (χ3n) is 11.6. The highest BCUT2D eigenvalue weighted by Gasteiger charge is 2.23. The molecule has 0 radical (unpaired) electrons. The fourth-order valence-corrected chi connectivity index (χ4v) is 9.06. The molecular formula is C51H29N5O2. The van der Waals surface area contributed by atoms with Gasteiger partial charge >= 0.3 is 0 Å². The van der Waals surface area contributed by atoms with Crippen LogP contribution in [0, 0.1) is 0 Å². The van der Waals surface area contributed by atoms with E-state index in [4.69, 9.17) is 23.8 Å². The van der Waals surface area contributed by atoms with Gasteiger partial charge in [0.15, 0.2) is 17.2 Å². The molecule has 0 fully saturated rings. The Balaban J connectivity index is 1.08. The van der Waals surface area contributed by atoms with Crippen LogP contribution in [0.15, 0.2) is 185 Å². The molecule has 7 heteroatoms. The van der Waals surface area contributed by atoms with E-state index in [0.29, 0.717) is 23.2 Å². The number of fused-ring (bicyclic) bond motifs is 12. The fourth-order valence-electron chi connectivity index (χ4n) is 9.06. The van der Waals surface area contributed by atoms with E-state index in [0.717, 1.165) is 87.9 Å². The predicted octanol–water partition coefficient (Wildman–Crippen LogP) is 13.2. The molecule has 13 rings (SSSR count). The maximum absolute atomic E-state index is 7.06. The Kier molecular flexibility index (Phi) is 6.32. The average Bonchev–Trinajstić information content (AvgIpc) is 4.04. The van der Waals surface area contributed by atoms with E-state index in [-0.39, 0.29) is 0 Å². The zero-order valence-electron chi connectivity index (χ0n) is 30.8. The summed E-state index contributed by atoms with van der Waals surface area (Å²) in [6.45, 7) is 0. The molecule has 0 aliphatic carbocycles. The lowest BCUT2D eigenvalue weighted by atomic mass is 10.1. The molecule has 0 aliphatic rings. The number of para-hydroxylation sites is 7. The molecule has 0 unspecified atom stereocenters. The van der Waals surface area contributed by atoms with Crippen LogP contribution < -0.4 is 0 Å². The van der Waals surface area contributed by atoms with Gasteiger partial charge in [-0.1, -0.05) is 121 Å². The molecule has 0 N–H and O–H groups in total. The van der Waals surface area contributed by atoms with E-state index in [1.807, 2.05) is 30.3 Å². The summed E-state index contributed by atoms with van der Waals surface area (Å²) >= 11 is 0. The van der Waals surface area contributed by atoms with Gasteiger partial charge in [-0.2, -0.15) is 9.97 Å². The quantitative estimate of drug-likeness (QED) is 0.179. The van der Waals surface area contributed by atoms with E-state index in [1.54, 1.807) is 0 Å². The van der Waals surface area contributed by atoms with Crippen molar-refractivity contribution in [2.24, 2.45) is 0 Å². The monoisotopic (exact) mass is 743 g/mol. The third-order valence-corrected chi connectivity index (χ3v) is 11.6. The van der Waals surface area contributed by atoms with Crippen LogP contribution >= 0.6 is 0 Å². The molecule has 5 heterocycles. The molecule has 13 aromatic rings. The van der Waals surface area contributed by atoms with Gasteiger partial charge in [-0.3, -0.25) is 4.57 Å². The second kappa shape index (κ2) is 11.7. The van der Waals surface area contributed by atoms with Crippen LogP contribution in [0.5, 0.6) is 0 Å². The normalized spacial score (nSPS) is 12.1. The van der Waals surface area contributed by atoms with Crippen LogP contribution in [0.25, 0.3) is 122 Å². The standard InChI is InChI=1S/C51H29N5O2/c1-6-21-40-31(13-1)32-14-2-7-22-41(32)55(40)44-25-12-19-38-37-18-11-20-39(47(37)58-48(38)44)50-52-49(30-27-28-36-35-17-5-10-26-45(35)57-46(36)29-30)53-51(54-50)56-42-23-8-3-15-33(42)34-16-4-9-24-43(34)56/h1-29H. The highest BCUT2D eigenvalue weighted by Crippen LogP contribution is 2.41. The first-order chi connectivity index (χ1) is 28.8. The van der Waals surface area contributed by atoms with Crippen molar-refractivity contribution >= 4 is 87.5 Å². The Morgan fingerprint density at radius 1 is 0.345 bits per heavy atom. The first-order valence-electron chi connectivity index (χ1n) is 19.4. The van der Waals surface area contributed by atoms with Crippen LogP contribution in [-0.4, -0.2) is 24.1 Å². The number of hydrogen-bond acceptors (Lipinski definition) is 5. The third kappa shape index (κ3) is 4.35. The zero-order valence-corrected chi connectivity index (χ0v) is 30.8. The molecule has 0 bridgehead atoms. The summed E-state index contributed by atoms with van der Waals surface area (Å²) in [5, 5.41) is 8.77. The van der Waals surface area contributed by atoms with Crippen molar-refractivity contribution in [3.8, 4) is 34.4 Å². The molecular weight excluding hydrogens is 715 g/mol. The summed E-state index contributed by atoms with van der Waals surface area (Å²) in [5.74, 6) is 1.55. The van der Waals surface area contributed by atoms with Gasteiger partial charge < -0.3 is 13.4 Å². The van der Waals surface area contributed by atoms with Gasteiger partial charge in [0.05, 0.1) is 33.3 Å². The second-order valence-corrected chi connectivity index (χ2v) is 14.8. The molecule has 0 amide bonds. The number of rotatable bonds is 4. The lowest BCUT2D eigenvalue weighted by molar-refractivity contribution is 0.666. The van der Waals surface area contributed by atoms with E-state index in [1.165, 1.54) is 10.8 Å². The maximum atomic E-state index is 7.06. The van der Waals surface area contributed by atoms with E-state index in [2.05, 4.69) is 155 Å². The van der Waals surface area contributed by atoms with Gasteiger partial charge in [0, 0.05) is 48.7 Å². The maximum Gasteiger partial charge on any atom is 0.238 e. The summed E-state index contributed by atoms with van der Waals surface area (Å²) < 4.78 is 17.8. The highest BCUT2D eigenvalue weighted by atomic mass is 16.3. The van der Waals surface area contributed by atoms with Crippen LogP contribution in [0.4, 0.5) is 0 Å². The first-order valence-corrected chi connectivity index (χ1v) is 19.4. The van der Waals surface area contributed by atoms with Gasteiger partial charge in [0.1, 0.15) is 16.7 Å². The topological polar surface area (TPSA) is 74.8 Å². The van der Waals surface area contributed by atoms with Crippen molar-refractivity contribution in [1.29, 1.82) is 0 Å². The van der Waals surface area contributed by atoms with Crippen LogP contribution in [0.2, 0.25) is 0 Å². The lowest BCUT2D eigenvalue weighted by Gasteiger charge is -2.11. The number of nitrogens with zero attached hydrogens (tertiary/aromatic N) is 5. The SMILES string of the molecule is c1ccc2c(c1)oc1cc(-c3nc(-c4cccc5c4oc4c(-n6c7ccccc7c7ccccc76)cccc45)nc(-n4c5ccccc5c5ccccc54)n3)ccc12. The Hall–Kier alpha value is -8.03. The number of hydrogen-bond donors (Lipinski definition) is 0. The van der Waals surface area contributed by atoms with Crippen molar-refractivity contribution < 1.29 is 8.83 Å². The molecule has 270 valence electrons. The second-order valence-electron chi connectivity index (χ2n) is 14.8. The largest absolute Gasteiger partial charge is 0.456 e. The summed E-state index contributed by atoms with van der Waals surface area (Å²) in [7, 11) is 0. The Labute approximate surface area is 329 Å².